The summed E-state index contributed by atoms with van der Waals surface area (Å²) in [5, 5.41) is 0. The van der Waals surface area contributed by atoms with Crippen molar-refractivity contribution in [2.24, 2.45) is 0 Å². The molecule has 0 bridgehead atoms. The van der Waals surface area contributed by atoms with E-state index in [0.29, 0.717) is 6.54 Å². The van der Waals surface area contributed by atoms with Crippen LogP contribution in [0.5, 0.6) is 0 Å². The van der Waals surface area contributed by atoms with Crippen molar-refractivity contribution in [3.8, 4) is 0 Å². The molecule has 3 heteroatoms. The van der Waals surface area contributed by atoms with Crippen LogP contribution in [0.2, 0.25) is 0 Å². The number of carbonyl (C=O) groups is 2. The molecular formula is C14H15NO2. The zero-order valence-electron chi connectivity index (χ0n) is 9.69. The highest BCUT2D eigenvalue weighted by atomic mass is 16.2. The van der Waals surface area contributed by atoms with Crippen LogP contribution in [0.25, 0.3) is 0 Å². The van der Waals surface area contributed by atoms with Crippen molar-refractivity contribution < 1.29 is 9.59 Å². The van der Waals surface area contributed by atoms with Gasteiger partial charge in [-0.05, 0) is 30.4 Å². The standard InChI is InChI=1S/C14H15NO2/c16-13-8-14(17)15(9-13)12-6-5-10-3-1-2-4-11(10)7-12/h1-4,12H,5-9H2. The van der Waals surface area contributed by atoms with Gasteiger partial charge < -0.3 is 4.90 Å². The number of fused-ring (bicyclic) bond motifs is 1. The third-order valence-corrected chi connectivity index (χ3v) is 3.78. The lowest BCUT2D eigenvalue weighted by atomic mass is 9.87. The summed E-state index contributed by atoms with van der Waals surface area (Å²) in [6.07, 6.45) is 3.00. The third-order valence-electron chi connectivity index (χ3n) is 3.78. The van der Waals surface area contributed by atoms with E-state index < -0.39 is 0 Å². The molecule has 0 aromatic heterocycles. The zero-order chi connectivity index (χ0) is 11.8. The topological polar surface area (TPSA) is 37.4 Å². The Balaban J connectivity index is 1.80. The summed E-state index contributed by atoms with van der Waals surface area (Å²) in [7, 11) is 0. The van der Waals surface area contributed by atoms with Crippen molar-refractivity contribution in [3.63, 3.8) is 0 Å². The van der Waals surface area contributed by atoms with Gasteiger partial charge in [-0.2, -0.15) is 0 Å². The van der Waals surface area contributed by atoms with Gasteiger partial charge in [0.25, 0.3) is 0 Å². The molecule has 1 unspecified atom stereocenters. The van der Waals surface area contributed by atoms with Gasteiger partial charge in [0.2, 0.25) is 5.91 Å². The average Bonchev–Trinajstić information content (AvgIpc) is 2.68. The number of rotatable bonds is 1. The van der Waals surface area contributed by atoms with Crippen LogP contribution in [-0.4, -0.2) is 29.2 Å². The van der Waals surface area contributed by atoms with Crippen molar-refractivity contribution in [1.29, 1.82) is 0 Å². The molecule has 17 heavy (non-hydrogen) atoms. The Hall–Kier alpha value is -1.64. The Morgan fingerprint density at radius 1 is 1.12 bits per heavy atom. The fourth-order valence-corrected chi connectivity index (χ4v) is 2.88. The van der Waals surface area contributed by atoms with Gasteiger partial charge in [0, 0.05) is 6.04 Å². The molecule has 1 saturated heterocycles. The van der Waals surface area contributed by atoms with E-state index in [4.69, 9.17) is 0 Å². The van der Waals surface area contributed by atoms with Crippen LogP contribution in [0.1, 0.15) is 24.0 Å². The third kappa shape index (κ3) is 1.86. The molecule has 1 aliphatic carbocycles. The monoisotopic (exact) mass is 229 g/mol. The molecule has 1 amide bonds. The maximum Gasteiger partial charge on any atom is 0.230 e. The van der Waals surface area contributed by atoms with E-state index in [1.54, 1.807) is 4.90 Å². The van der Waals surface area contributed by atoms with Gasteiger partial charge in [-0.1, -0.05) is 24.3 Å². The van der Waals surface area contributed by atoms with E-state index >= 15 is 0 Å². The van der Waals surface area contributed by atoms with Crippen molar-refractivity contribution in [3.05, 3.63) is 35.4 Å². The van der Waals surface area contributed by atoms with Crippen molar-refractivity contribution in [2.75, 3.05) is 6.54 Å². The second-order valence-electron chi connectivity index (χ2n) is 4.90. The first kappa shape index (κ1) is 10.5. The van der Waals surface area contributed by atoms with Crippen LogP contribution >= 0.6 is 0 Å². The summed E-state index contributed by atoms with van der Waals surface area (Å²) < 4.78 is 0. The number of hydrogen-bond donors (Lipinski definition) is 0. The first-order valence-corrected chi connectivity index (χ1v) is 6.12. The Kier molecular flexibility index (Phi) is 2.46. The number of benzene rings is 1. The largest absolute Gasteiger partial charge is 0.332 e. The molecule has 2 aliphatic rings. The molecule has 0 saturated carbocycles. The SMILES string of the molecule is O=C1CC(=O)N(C2CCc3ccccc3C2)C1. The molecule has 1 atom stereocenters. The van der Waals surface area contributed by atoms with Crippen LogP contribution in [0, 0.1) is 0 Å². The van der Waals surface area contributed by atoms with Crippen LogP contribution in [0.15, 0.2) is 24.3 Å². The molecule has 3 nitrogen and oxygen atoms in total. The summed E-state index contributed by atoms with van der Waals surface area (Å²) in [5.74, 6) is 0.0771. The van der Waals surface area contributed by atoms with E-state index in [0.717, 1.165) is 19.3 Å². The second kappa shape index (κ2) is 3.99. The highest BCUT2D eigenvalue weighted by Gasteiger charge is 2.34. The lowest BCUT2D eigenvalue weighted by Gasteiger charge is -2.31. The highest BCUT2D eigenvalue weighted by molar-refractivity contribution is 6.05. The molecule has 1 aromatic rings. The lowest BCUT2D eigenvalue weighted by molar-refractivity contribution is -0.129. The normalized spacial score (nSPS) is 24.0. The van der Waals surface area contributed by atoms with E-state index in [1.807, 2.05) is 6.07 Å². The maximum atomic E-state index is 11.7. The van der Waals surface area contributed by atoms with Gasteiger partial charge in [-0.3, -0.25) is 9.59 Å². The van der Waals surface area contributed by atoms with Gasteiger partial charge in [0.1, 0.15) is 0 Å². The Morgan fingerprint density at radius 2 is 1.88 bits per heavy atom. The zero-order valence-corrected chi connectivity index (χ0v) is 9.69. The number of Topliss-reactive ketones (excluding diaryl/α,β-unsaturated/α-hetero) is 1. The molecule has 0 N–H and O–H groups in total. The lowest BCUT2D eigenvalue weighted by Crippen LogP contribution is -2.40. The quantitative estimate of drug-likeness (QED) is 0.682. The summed E-state index contributed by atoms with van der Waals surface area (Å²) in [6, 6.07) is 8.61. The average molecular weight is 229 g/mol. The highest BCUT2D eigenvalue weighted by Crippen LogP contribution is 2.26. The molecule has 1 heterocycles. The maximum absolute atomic E-state index is 11.7. The summed E-state index contributed by atoms with van der Waals surface area (Å²) in [6.45, 7) is 0.325. The molecule has 1 aromatic carbocycles. The number of aryl methyl sites for hydroxylation is 1. The van der Waals surface area contributed by atoms with Crippen LogP contribution < -0.4 is 0 Å². The predicted molar refractivity (Wildman–Crippen MR) is 63.6 cm³/mol. The van der Waals surface area contributed by atoms with Crippen molar-refractivity contribution in [2.45, 2.75) is 31.7 Å². The van der Waals surface area contributed by atoms with Gasteiger partial charge in [0.05, 0.1) is 13.0 Å². The van der Waals surface area contributed by atoms with E-state index in [-0.39, 0.29) is 24.2 Å². The number of likely N-dealkylation sites (tertiary alicyclic amines) is 1. The minimum Gasteiger partial charge on any atom is -0.332 e. The van der Waals surface area contributed by atoms with Crippen LogP contribution in [0.3, 0.4) is 0 Å². The van der Waals surface area contributed by atoms with Gasteiger partial charge in [0.15, 0.2) is 5.78 Å². The van der Waals surface area contributed by atoms with Crippen LogP contribution in [0.4, 0.5) is 0 Å². The van der Waals surface area contributed by atoms with Crippen molar-refractivity contribution >= 4 is 11.7 Å². The summed E-state index contributed by atoms with van der Waals surface area (Å²) >= 11 is 0. The minimum atomic E-state index is 0.0133. The smallest absolute Gasteiger partial charge is 0.230 e. The molecule has 0 radical (unpaired) electrons. The fourth-order valence-electron chi connectivity index (χ4n) is 2.88. The Labute approximate surface area is 100 Å². The van der Waals surface area contributed by atoms with E-state index in [2.05, 4.69) is 18.2 Å². The fraction of sp³-hybridized carbons (Fsp3) is 0.429. The first-order valence-electron chi connectivity index (χ1n) is 6.12. The van der Waals surface area contributed by atoms with E-state index in [9.17, 15) is 9.59 Å². The predicted octanol–water partition coefficient (Wildman–Crippen LogP) is 1.35. The molecule has 88 valence electrons. The number of hydrogen-bond acceptors (Lipinski definition) is 2. The van der Waals surface area contributed by atoms with E-state index in [1.165, 1.54) is 11.1 Å². The van der Waals surface area contributed by atoms with Gasteiger partial charge in [-0.15, -0.1) is 0 Å². The number of amides is 1. The van der Waals surface area contributed by atoms with Crippen molar-refractivity contribution in [1.82, 2.24) is 4.90 Å². The number of ketones is 1. The van der Waals surface area contributed by atoms with Gasteiger partial charge >= 0.3 is 0 Å². The number of nitrogens with zero attached hydrogens (tertiary/aromatic N) is 1. The Bertz CT molecular complexity index is 481. The Morgan fingerprint density at radius 3 is 2.59 bits per heavy atom. The molecule has 3 rings (SSSR count). The summed E-state index contributed by atoms with van der Waals surface area (Å²) in [5.41, 5.74) is 2.72. The molecular weight excluding hydrogens is 214 g/mol. The summed E-state index contributed by atoms with van der Waals surface area (Å²) in [4.78, 5) is 24.8. The first-order chi connectivity index (χ1) is 8.24. The molecule has 1 aliphatic heterocycles. The molecule has 1 fully saturated rings. The van der Waals surface area contributed by atoms with Crippen LogP contribution in [-0.2, 0) is 22.4 Å². The second-order valence-corrected chi connectivity index (χ2v) is 4.90. The molecule has 0 spiro atoms. The van der Waals surface area contributed by atoms with Gasteiger partial charge in [-0.25, -0.2) is 0 Å². The minimum absolute atomic E-state index is 0.0133. The number of carbonyl (C=O) groups excluding carboxylic acids is 2.